The largest absolute Gasteiger partial charge is 0.396 e. The van der Waals surface area contributed by atoms with Crippen molar-refractivity contribution in [3.05, 3.63) is 35.4 Å². The highest BCUT2D eigenvalue weighted by atomic mass is 16.3. The third kappa shape index (κ3) is 5.27. The molecule has 1 saturated carbocycles. The third-order valence-corrected chi connectivity index (χ3v) is 5.63. The average molecular weight is 345 g/mol. The standard InChI is InChI=1S/C20H31N3O2/c1-22-9-11-23(12-10-22)14-17-3-2-4-18(13-17)20(25)21-19-7-5-16(15-24)6-8-19/h2-4,13,16,19,24H,5-12,14-15H2,1H3,(H,21,25). The Morgan fingerprint density at radius 1 is 1.16 bits per heavy atom. The van der Waals surface area contributed by atoms with Crippen LogP contribution in [0.2, 0.25) is 0 Å². The van der Waals surface area contributed by atoms with Gasteiger partial charge in [-0.05, 0) is 56.3 Å². The van der Waals surface area contributed by atoms with Crippen molar-refractivity contribution in [3.8, 4) is 0 Å². The van der Waals surface area contributed by atoms with Crippen LogP contribution in [0, 0.1) is 5.92 Å². The van der Waals surface area contributed by atoms with Crippen molar-refractivity contribution >= 4 is 5.91 Å². The first-order valence-corrected chi connectivity index (χ1v) is 9.55. The van der Waals surface area contributed by atoms with E-state index in [2.05, 4.69) is 28.2 Å². The molecule has 1 aliphatic carbocycles. The number of hydrogen-bond donors (Lipinski definition) is 2. The quantitative estimate of drug-likeness (QED) is 0.853. The van der Waals surface area contributed by atoms with Crippen LogP contribution in [0.25, 0.3) is 0 Å². The molecule has 0 radical (unpaired) electrons. The van der Waals surface area contributed by atoms with Gasteiger partial charge in [-0.2, -0.15) is 0 Å². The number of carbonyl (C=O) groups excluding carboxylic acids is 1. The summed E-state index contributed by atoms with van der Waals surface area (Å²) >= 11 is 0. The zero-order valence-corrected chi connectivity index (χ0v) is 15.3. The summed E-state index contributed by atoms with van der Waals surface area (Å²) in [6.07, 6.45) is 3.95. The van der Waals surface area contributed by atoms with Gasteiger partial charge in [-0.3, -0.25) is 9.69 Å². The molecule has 0 aromatic heterocycles. The van der Waals surface area contributed by atoms with Crippen LogP contribution in [0.5, 0.6) is 0 Å². The number of aliphatic hydroxyl groups excluding tert-OH is 1. The van der Waals surface area contributed by atoms with Gasteiger partial charge in [0, 0.05) is 50.9 Å². The molecule has 0 bridgehead atoms. The van der Waals surface area contributed by atoms with Crippen LogP contribution >= 0.6 is 0 Å². The number of rotatable bonds is 5. The maximum atomic E-state index is 12.6. The monoisotopic (exact) mass is 345 g/mol. The number of carbonyl (C=O) groups is 1. The molecule has 2 N–H and O–H groups in total. The van der Waals surface area contributed by atoms with Crippen LogP contribution in [0.3, 0.4) is 0 Å². The second-order valence-electron chi connectivity index (χ2n) is 7.65. The molecule has 1 aromatic rings. The zero-order chi connectivity index (χ0) is 17.6. The van der Waals surface area contributed by atoms with Crippen molar-refractivity contribution in [1.82, 2.24) is 15.1 Å². The topological polar surface area (TPSA) is 55.8 Å². The van der Waals surface area contributed by atoms with Crippen molar-refractivity contribution in [2.24, 2.45) is 5.92 Å². The van der Waals surface area contributed by atoms with E-state index in [0.29, 0.717) is 5.92 Å². The molecule has 1 heterocycles. The minimum absolute atomic E-state index is 0.0349. The molecule has 138 valence electrons. The number of benzene rings is 1. The van der Waals surface area contributed by atoms with Crippen molar-refractivity contribution in [2.45, 2.75) is 38.3 Å². The fraction of sp³-hybridized carbons (Fsp3) is 0.650. The van der Waals surface area contributed by atoms with Crippen LogP contribution in [-0.2, 0) is 6.54 Å². The van der Waals surface area contributed by atoms with Gasteiger partial charge in [0.2, 0.25) is 0 Å². The molecule has 5 heteroatoms. The van der Waals surface area contributed by atoms with E-state index in [1.807, 2.05) is 18.2 Å². The molecule has 0 unspecified atom stereocenters. The van der Waals surface area contributed by atoms with Gasteiger partial charge in [0.05, 0.1) is 0 Å². The molecule has 1 amide bonds. The summed E-state index contributed by atoms with van der Waals surface area (Å²) in [7, 11) is 2.16. The van der Waals surface area contributed by atoms with Crippen molar-refractivity contribution in [2.75, 3.05) is 39.8 Å². The van der Waals surface area contributed by atoms with E-state index in [9.17, 15) is 9.90 Å². The maximum absolute atomic E-state index is 12.6. The number of hydrogen-bond acceptors (Lipinski definition) is 4. The van der Waals surface area contributed by atoms with Gasteiger partial charge in [0.1, 0.15) is 0 Å². The SMILES string of the molecule is CN1CCN(Cc2cccc(C(=O)NC3CCC(CO)CC3)c2)CC1. The molecule has 1 saturated heterocycles. The molecular formula is C20H31N3O2. The lowest BCUT2D eigenvalue weighted by molar-refractivity contribution is 0.0913. The van der Waals surface area contributed by atoms with E-state index in [4.69, 9.17) is 0 Å². The van der Waals surface area contributed by atoms with E-state index < -0.39 is 0 Å². The Bertz CT molecular complexity index is 562. The Balaban J connectivity index is 1.53. The zero-order valence-electron chi connectivity index (χ0n) is 15.3. The first kappa shape index (κ1) is 18.4. The highest BCUT2D eigenvalue weighted by Crippen LogP contribution is 2.24. The maximum Gasteiger partial charge on any atom is 0.251 e. The summed E-state index contributed by atoms with van der Waals surface area (Å²) in [5.74, 6) is 0.452. The minimum atomic E-state index is 0.0349. The molecule has 25 heavy (non-hydrogen) atoms. The summed E-state index contributed by atoms with van der Waals surface area (Å²) in [6.45, 7) is 5.57. The molecular weight excluding hydrogens is 314 g/mol. The average Bonchev–Trinajstić information content (AvgIpc) is 2.64. The third-order valence-electron chi connectivity index (χ3n) is 5.63. The Morgan fingerprint density at radius 2 is 1.88 bits per heavy atom. The molecule has 2 aliphatic rings. The highest BCUT2D eigenvalue weighted by Gasteiger charge is 2.22. The first-order chi connectivity index (χ1) is 12.1. The molecule has 1 aliphatic heterocycles. The van der Waals surface area contributed by atoms with Gasteiger partial charge in [0.25, 0.3) is 5.91 Å². The van der Waals surface area contributed by atoms with Gasteiger partial charge in [0.15, 0.2) is 0 Å². The molecule has 5 nitrogen and oxygen atoms in total. The van der Waals surface area contributed by atoms with E-state index in [0.717, 1.165) is 64.0 Å². The van der Waals surface area contributed by atoms with Crippen LogP contribution in [0.1, 0.15) is 41.6 Å². The van der Waals surface area contributed by atoms with Crippen LogP contribution in [-0.4, -0.2) is 66.7 Å². The predicted molar refractivity (Wildman–Crippen MR) is 99.5 cm³/mol. The second kappa shape index (κ2) is 8.79. The fourth-order valence-electron chi connectivity index (χ4n) is 3.83. The van der Waals surface area contributed by atoms with Crippen molar-refractivity contribution in [1.29, 1.82) is 0 Å². The summed E-state index contributed by atoms with van der Waals surface area (Å²) < 4.78 is 0. The Kier molecular flexibility index (Phi) is 6.45. The van der Waals surface area contributed by atoms with Crippen molar-refractivity contribution < 1.29 is 9.90 Å². The summed E-state index contributed by atoms with van der Waals surface area (Å²) in [4.78, 5) is 17.4. The predicted octanol–water partition coefficient (Wildman–Crippen LogP) is 1.71. The Labute approximate surface area is 151 Å². The van der Waals surface area contributed by atoms with Gasteiger partial charge < -0.3 is 15.3 Å². The van der Waals surface area contributed by atoms with Crippen LogP contribution in [0.15, 0.2) is 24.3 Å². The van der Waals surface area contributed by atoms with Gasteiger partial charge in [-0.1, -0.05) is 12.1 Å². The first-order valence-electron chi connectivity index (χ1n) is 9.55. The highest BCUT2D eigenvalue weighted by molar-refractivity contribution is 5.94. The lowest BCUT2D eigenvalue weighted by Gasteiger charge is -2.32. The Hall–Kier alpha value is -1.43. The van der Waals surface area contributed by atoms with E-state index >= 15 is 0 Å². The molecule has 0 spiro atoms. The van der Waals surface area contributed by atoms with Gasteiger partial charge in [-0.15, -0.1) is 0 Å². The fourth-order valence-corrected chi connectivity index (χ4v) is 3.83. The summed E-state index contributed by atoms with van der Waals surface area (Å²) in [5.41, 5.74) is 1.97. The summed E-state index contributed by atoms with van der Waals surface area (Å²) in [5, 5.41) is 12.4. The molecule has 0 atom stereocenters. The minimum Gasteiger partial charge on any atom is -0.396 e. The molecule has 2 fully saturated rings. The van der Waals surface area contributed by atoms with Crippen molar-refractivity contribution in [3.63, 3.8) is 0 Å². The smallest absolute Gasteiger partial charge is 0.251 e. The van der Waals surface area contributed by atoms with E-state index in [1.165, 1.54) is 5.56 Å². The Morgan fingerprint density at radius 3 is 2.56 bits per heavy atom. The number of nitrogens with zero attached hydrogens (tertiary/aromatic N) is 2. The number of piperazine rings is 1. The number of nitrogens with one attached hydrogen (secondary N) is 1. The van der Waals surface area contributed by atoms with Crippen LogP contribution in [0.4, 0.5) is 0 Å². The lowest BCUT2D eigenvalue weighted by atomic mass is 9.86. The number of likely N-dealkylation sites (N-methyl/N-ethyl adjacent to an activating group) is 1. The molecule has 1 aromatic carbocycles. The van der Waals surface area contributed by atoms with E-state index in [1.54, 1.807) is 0 Å². The normalized spacial score (nSPS) is 25.7. The van der Waals surface area contributed by atoms with Gasteiger partial charge in [-0.25, -0.2) is 0 Å². The lowest BCUT2D eigenvalue weighted by Crippen LogP contribution is -2.43. The number of aliphatic hydroxyl groups is 1. The number of amides is 1. The van der Waals surface area contributed by atoms with Gasteiger partial charge >= 0.3 is 0 Å². The van der Waals surface area contributed by atoms with Crippen LogP contribution < -0.4 is 5.32 Å². The van der Waals surface area contributed by atoms with E-state index in [-0.39, 0.29) is 18.6 Å². The second-order valence-corrected chi connectivity index (χ2v) is 7.65. The summed E-state index contributed by atoms with van der Waals surface area (Å²) in [6, 6.07) is 8.29. The molecule has 3 rings (SSSR count).